The van der Waals surface area contributed by atoms with Crippen molar-refractivity contribution in [1.82, 2.24) is 4.57 Å². The van der Waals surface area contributed by atoms with Gasteiger partial charge in [-0.25, -0.2) is 13.6 Å². The second kappa shape index (κ2) is 6.50. The minimum atomic E-state index is -3.69. The van der Waals surface area contributed by atoms with Gasteiger partial charge in [-0.05, 0) is 61.2 Å². The fourth-order valence-corrected chi connectivity index (χ4v) is 3.65. The number of primary sulfonamides is 1. The van der Waals surface area contributed by atoms with E-state index in [0.717, 1.165) is 23.4 Å². The molecule has 25 heavy (non-hydrogen) atoms. The first kappa shape index (κ1) is 17.5. The molecule has 1 heterocycles. The summed E-state index contributed by atoms with van der Waals surface area (Å²) in [6.07, 6.45) is 3.03. The van der Waals surface area contributed by atoms with E-state index in [-0.39, 0.29) is 4.90 Å². The molecule has 0 aliphatic heterocycles. The van der Waals surface area contributed by atoms with Gasteiger partial charge in [0, 0.05) is 11.9 Å². The maximum Gasteiger partial charge on any atom is 0.238 e. The van der Waals surface area contributed by atoms with Crippen LogP contribution in [0.5, 0.6) is 0 Å². The van der Waals surface area contributed by atoms with Crippen LogP contribution in [-0.2, 0) is 16.4 Å². The van der Waals surface area contributed by atoms with Crippen molar-refractivity contribution < 1.29 is 8.42 Å². The van der Waals surface area contributed by atoms with E-state index in [1.54, 1.807) is 24.3 Å². The van der Waals surface area contributed by atoms with Crippen LogP contribution in [0.4, 0.5) is 0 Å². The first-order valence-corrected chi connectivity index (χ1v) is 9.77. The van der Waals surface area contributed by atoms with E-state index in [1.165, 1.54) is 16.7 Å². The third kappa shape index (κ3) is 3.38. The van der Waals surface area contributed by atoms with E-state index >= 15 is 0 Å². The fraction of sp³-hybridized carbons (Fsp3) is 0.200. The van der Waals surface area contributed by atoms with Gasteiger partial charge in [0.1, 0.15) is 0 Å². The van der Waals surface area contributed by atoms with Crippen LogP contribution in [0.1, 0.15) is 23.6 Å². The molecule has 3 rings (SSSR count). The molecule has 2 aromatic carbocycles. The average Bonchev–Trinajstić information content (AvgIpc) is 2.91. The van der Waals surface area contributed by atoms with Crippen LogP contribution in [0.15, 0.2) is 59.6 Å². The van der Waals surface area contributed by atoms with Crippen LogP contribution in [-0.4, -0.2) is 13.0 Å². The maximum absolute atomic E-state index is 11.5. The van der Waals surface area contributed by atoms with Crippen molar-refractivity contribution in [3.05, 3.63) is 71.4 Å². The Balaban J connectivity index is 2.18. The van der Waals surface area contributed by atoms with Gasteiger partial charge in [0.25, 0.3) is 0 Å². The van der Waals surface area contributed by atoms with Crippen molar-refractivity contribution in [3.63, 3.8) is 0 Å². The highest BCUT2D eigenvalue weighted by atomic mass is 32.2. The number of hydrogen-bond donors (Lipinski definition) is 1. The molecular formula is C20H22N2O2S. The van der Waals surface area contributed by atoms with Gasteiger partial charge in [0.2, 0.25) is 10.0 Å². The topological polar surface area (TPSA) is 65.1 Å². The minimum absolute atomic E-state index is 0.118. The summed E-state index contributed by atoms with van der Waals surface area (Å²) in [6.45, 7) is 6.32. The van der Waals surface area contributed by atoms with E-state index in [2.05, 4.69) is 55.8 Å². The summed E-state index contributed by atoms with van der Waals surface area (Å²) in [6, 6.07) is 15.1. The average molecular weight is 354 g/mol. The van der Waals surface area contributed by atoms with Crippen LogP contribution < -0.4 is 5.14 Å². The molecule has 130 valence electrons. The van der Waals surface area contributed by atoms with Crippen LogP contribution in [0.25, 0.3) is 16.9 Å². The predicted octanol–water partition coefficient (Wildman–Crippen LogP) is 3.97. The lowest BCUT2D eigenvalue weighted by molar-refractivity contribution is 0.598. The molecule has 0 aliphatic carbocycles. The molecule has 0 spiro atoms. The van der Waals surface area contributed by atoms with Crippen LogP contribution in [0.2, 0.25) is 0 Å². The van der Waals surface area contributed by atoms with E-state index in [0.29, 0.717) is 0 Å². The molecule has 0 amide bonds. The number of nitrogens with two attached hydrogens (primary N) is 1. The quantitative estimate of drug-likeness (QED) is 0.770. The monoisotopic (exact) mass is 354 g/mol. The van der Waals surface area contributed by atoms with Gasteiger partial charge in [0.15, 0.2) is 0 Å². The standard InChI is InChI=1S/C20H22N2O2S/c1-4-19-15(3)13-22(20(19)16-7-5-14(2)6-8-16)17-9-11-18(12-10-17)25(21,23)24/h5-13H,4H2,1-3H3,(H2,21,23,24). The van der Waals surface area contributed by atoms with E-state index in [9.17, 15) is 8.42 Å². The number of hydrogen-bond acceptors (Lipinski definition) is 2. The number of rotatable bonds is 4. The SMILES string of the molecule is CCc1c(C)cn(-c2ccc(S(N)(=O)=O)cc2)c1-c1ccc(C)cc1. The lowest BCUT2D eigenvalue weighted by atomic mass is 10.0. The third-order valence-electron chi connectivity index (χ3n) is 4.45. The maximum atomic E-state index is 11.5. The molecule has 0 saturated carbocycles. The summed E-state index contributed by atoms with van der Waals surface area (Å²) in [5.41, 5.74) is 6.92. The van der Waals surface area contributed by atoms with Gasteiger partial charge in [-0.3, -0.25) is 0 Å². The summed E-state index contributed by atoms with van der Waals surface area (Å²) in [7, 11) is -3.69. The van der Waals surface area contributed by atoms with Gasteiger partial charge in [-0.2, -0.15) is 0 Å². The Morgan fingerprint density at radius 1 is 0.960 bits per heavy atom. The summed E-state index contributed by atoms with van der Waals surface area (Å²) in [4.78, 5) is 0.118. The Hall–Kier alpha value is -2.37. The number of aryl methyl sites for hydroxylation is 2. The molecule has 0 bridgehead atoms. The van der Waals surface area contributed by atoms with Gasteiger partial charge in [0.05, 0.1) is 10.6 Å². The van der Waals surface area contributed by atoms with E-state index < -0.39 is 10.0 Å². The van der Waals surface area contributed by atoms with Crippen LogP contribution >= 0.6 is 0 Å². The predicted molar refractivity (Wildman–Crippen MR) is 101 cm³/mol. The zero-order valence-corrected chi connectivity index (χ0v) is 15.5. The van der Waals surface area contributed by atoms with Gasteiger partial charge < -0.3 is 4.57 Å². The normalized spacial score (nSPS) is 11.7. The van der Waals surface area contributed by atoms with Crippen molar-refractivity contribution >= 4 is 10.0 Å². The molecule has 0 aliphatic rings. The number of aromatic nitrogens is 1. The fourth-order valence-electron chi connectivity index (χ4n) is 3.14. The van der Waals surface area contributed by atoms with Crippen molar-refractivity contribution in [2.45, 2.75) is 32.1 Å². The smallest absolute Gasteiger partial charge is 0.238 e. The summed E-state index contributed by atoms with van der Waals surface area (Å²) in [5.74, 6) is 0. The molecular weight excluding hydrogens is 332 g/mol. The van der Waals surface area contributed by atoms with Crippen LogP contribution in [0.3, 0.4) is 0 Å². The minimum Gasteiger partial charge on any atom is -0.316 e. The van der Waals surface area contributed by atoms with Crippen molar-refractivity contribution in [1.29, 1.82) is 0 Å². The summed E-state index contributed by atoms with van der Waals surface area (Å²) >= 11 is 0. The van der Waals surface area contributed by atoms with Crippen molar-refractivity contribution in [3.8, 4) is 16.9 Å². The number of benzene rings is 2. The highest BCUT2D eigenvalue weighted by molar-refractivity contribution is 7.89. The summed E-state index contributed by atoms with van der Waals surface area (Å²) in [5, 5.41) is 5.20. The first-order valence-electron chi connectivity index (χ1n) is 8.22. The molecule has 1 aromatic heterocycles. The number of nitrogens with zero attached hydrogens (tertiary/aromatic N) is 1. The Morgan fingerprint density at radius 2 is 1.56 bits per heavy atom. The van der Waals surface area contributed by atoms with E-state index in [1.807, 2.05) is 0 Å². The molecule has 0 unspecified atom stereocenters. The lowest BCUT2D eigenvalue weighted by Gasteiger charge is -2.12. The first-order chi connectivity index (χ1) is 11.8. The molecule has 0 saturated heterocycles. The van der Waals surface area contributed by atoms with E-state index in [4.69, 9.17) is 5.14 Å². The molecule has 2 N–H and O–H groups in total. The molecule has 4 nitrogen and oxygen atoms in total. The molecule has 0 atom stereocenters. The Kier molecular flexibility index (Phi) is 4.54. The highest BCUT2D eigenvalue weighted by Gasteiger charge is 2.16. The Morgan fingerprint density at radius 3 is 2.08 bits per heavy atom. The van der Waals surface area contributed by atoms with Crippen LogP contribution in [0, 0.1) is 13.8 Å². The second-order valence-corrected chi connectivity index (χ2v) is 7.83. The summed E-state index contributed by atoms with van der Waals surface area (Å²) < 4.78 is 25.1. The number of sulfonamides is 1. The Bertz CT molecular complexity index is 999. The molecule has 0 radical (unpaired) electrons. The second-order valence-electron chi connectivity index (χ2n) is 6.27. The zero-order valence-electron chi connectivity index (χ0n) is 14.7. The highest BCUT2D eigenvalue weighted by Crippen LogP contribution is 2.32. The van der Waals surface area contributed by atoms with Gasteiger partial charge in [-0.15, -0.1) is 0 Å². The lowest BCUT2D eigenvalue weighted by Crippen LogP contribution is -2.12. The molecule has 5 heteroatoms. The van der Waals surface area contributed by atoms with Crippen molar-refractivity contribution in [2.24, 2.45) is 5.14 Å². The Labute approximate surface area is 149 Å². The molecule has 3 aromatic rings. The third-order valence-corrected chi connectivity index (χ3v) is 5.38. The largest absolute Gasteiger partial charge is 0.316 e. The molecule has 0 fully saturated rings. The van der Waals surface area contributed by atoms with Crippen molar-refractivity contribution in [2.75, 3.05) is 0 Å². The van der Waals surface area contributed by atoms with Gasteiger partial charge >= 0.3 is 0 Å². The zero-order chi connectivity index (χ0) is 18.2. The van der Waals surface area contributed by atoms with Gasteiger partial charge in [-0.1, -0.05) is 36.8 Å².